The summed E-state index contributed by atoms with van der Waals surface area (Å²) in [6.07, 6.45) is 2.99. The zero-order valence-corrected chi connectivity index (χ0v) is 15.2. The molecule has 5 nitrogen and oxygen atoms in total. The predicted octanol–water partition coefficient (Wildman–Crippen LogP) is 2.16. The number of amides is 1. The molecule has 2 rings (SSSR count). The quantitative estimate of drug-likeness (QED) is 0.858. The maximum absolute atomic E-state index is 12.7. The zero-order valence-electron chi connectivity index (χ0n) is 12.8. The van der Waals surface area contributed by atoms with Crippen molar-refractivity contribution >= 4 is 31.9 Å². The number of hydrogen-bond acceptors (Lipinski definition) is 3. The van der Waals surface area contributed by atoms with Crippen LogP contribution in [0.2, 0.25) is 0 Å². The highest BCUT2D eigenvalue weighted by Gasteiger charge is 2.25. The van der Waals surface area contributed by atoms with Crippen molar-refractivity contribution < 1.29 is 13.2 Å². The minimum Gasteiger partial charge on any atom is -0.338 e. The smallest absolute Gasteiger partial charge is 0.254 e. The highest BCUT2D eigenvalue weighted by molar-refractivity contribution is 9.10. The summed E-state index contributed by atoms with van der Waals surface area (Å²) in [6.45, 7) is 3.63. The van der Waals surface area contributed by atoms with E-state index in [0.29, 0.717) is 18.7 Å². The summed E-state index contributed by atoms with van der Waals surface area (Å²) < 4.78 is 25.9. The Morgan fingerprint density at radius 2 is 2.18 bits per heavy atom. The van der Waals surface area contributed by atoms with Gasteiger partial charge in [0.2, 0.25) is 10.0 Å². The molecule has 1 amide bonds. The van der Waals surface area contributed by atoms with Gasteiger partial charge in [-0.2, -0.15) is 0 Å². The van der Waals surface area contributed by atoms with Gasteiger partial charge in [0.15, 0.2) is 0 Å². The van der Waals surface area contributed by atoms with Crippen LogP contribution in [0.1, 0.15) is 28.8 Å². The van der Waals surface area contributed by atoms with Crippen LogP contribution in [0.4, 0.5) is 0 Å². The fourth-order valence-electron chi connectivity index (χ4n) is 2.72. The third-order valence-corrected chi connectivity index (χ3v) is 5.04. The Kier molecular flexibility index (Phi) is 5.63. The van der Waals surface area contributed by atoms with Crippen molar-refractivity contribution in [3.05, 3.63) is 33.8 Å². The number of carbonyl (C=O) groups excluding carboxylic acids is 1. The molecule has 0 aliphatic carbocycles. The molecule has 1 fully saturated rings. The van der Waals surface area contributed by atoms with Gasteiger partial charge in [0.25, 0.3) is 5.91 Å². The van der Waals surface area contributed by atoms with Crippen molar-refractivity contribution in [2.45, 2.75) is 19.8 Å². The van der Waals surface area contributed by atoms with Gasteiger partial charge in [-0.25, -0.2) is 13.1 Å². The number of hydrogen-bond donors (Lipinski definition) is 1. The average Bonchev–Trinajstić information content (AvgIpc) is 2.44. The van der Waals surface area contributed by atoms with E-state index in [1.165, 1.54) is 0 Å². The van der Waals surface area contributed by atoms with Gasteiger partial charge in [-0.05, 0) is 49.4 Å². The lowest BCUT2D eigenvalue weighted by Crippen LogP contribution is -2.43. The van der Waals surface area contributed by atoms with Crippen LogP contribution in [-0.2, 0) is 10.0 Å². The van der Waals surface area contributed by atoms with Crippen LogP contribution >= 0.6 is 15.9 Å². The van der Waals surface area contributed by atoms with E-state index in [4.69, 9.17) is 0 Å². The van der Waals surface area contributed by atoms with Gasteiger partial charge in [-0.1, -0.05) is 15.9 Å². The average molecular weight is 389 g/mol. The molecule has 1 heterocycles. The molecular weight excluding hydrogens is 368 g/mol. The van der Waals surface area contributed by atoms with Crippen molar-refractivity contribution in [2.75, 3.05) is 25.9 Å². The Bertz CT molecular complexity index is 661. The van der Waals surface area contributed by atoms with Crippen LogP contribution < -0.4 is 4.72 Å². The number of nitrogens with zero attached hydrogens (tertiary/aromatic N) is 1. The second kappa shape index (κ2) is 7.10. The Labute approximate surface area is 140 Å². The first-order valence-corrected chi connectivity index (χ1v) is 9.95. The summed E-state index contributed by atoms with van der Waals surface area (Å²) >= 11 is 3.40. The van der Waals surface area contributed by atoms with E-state index in [0.717, 1.165) is 35.7 Å². The van der Waals surface area contributed by atoms with Gasteiger partial charge in [0.05, 0.1) is 6.26 Å². The lowest BCUT2D eigenvalue weighted by Gasteiger charge is -2.33. The molecule has 1 N–H and O–H groups in total. The van der Waals surface area contributed by atoms with Gasteiger partial charge in [-0.3, -0.25) is 4.79 Å². The first kappa shape index (κ1) is 17.4. The summed E-state index contributed by atoms with van der Waals surface area (Å²) in [5.41, 5.74) is 1.65. The van der Waals surface area contributed by atoms with Gasteiger partial charge >= 0.3 is 0 Å². The number of sulfonamides is 1. The number of halogens is 1. The summed E-state index contributed by atoms with van der Waals surface area (Å²) in [5, 5.41) is 0. The van der Waals surface area contributed by atoms with E-state index in [1.807, 2.05) is 30.0 Å². The molecule has 1 aromatic rings. The molecule has 0 spiro atoms. The van der Waals surface area contributed by atoms with Crippen molar-refractivity contribution in [1.29, 1.82) is 0 Å². The van der Waals surface area contributed by atoms with Crippen LogP contribution in [0.3, 0.4) is 0 Å². The molecule has 122 valence electrons. The third-order valence-electron chi connectivity index (χ3n) is 3.86. The van der Waals surface area contributed by atoms with Crippen LogP contribution in [0.15, 0.2) is 22.7 Å². The molecule has 1 atom stereocenters. The first-order chi connectivity index (χ1) is 10.3. The van der Waals surface area contributed by atoms with E-state index >= 15 is 0 Å². The van der Waals surface area contributed by atoms with E-state index in [9.17, 15) is 13.2 Å². The number of piperidine rings is 1. The fourth-order valence-corrected chi connectivity index (χ4v) is 3.74. The molecule has 1 unspecified atom stereocenters. The number of nitrogens with one attached hydrogen (secondary N) is 1. The third kappa shape index (κ3) is 4.79. The van der Waals surface area contributed by atoms with Crippen molar-refractivity contribution in [3.8, 4) is 0 Å². The van der Waals surface area contributed by atoms with Crippen LogP contribution in [-0.4, -0.2) is 45.1 Å². The van der Waals surface area contributed by atoms with Crippen molar-refractivity contribution in [3.63, 3.8) is 0 Å². The van der Waals surface area contributed by atoms with Gasteiger partial charge < -0.3 is 4.90 Å². The maximum Gasteiger partial charge on any atom is 0.254 e. The van der Waals surface area contributed by atoms with E-state index in [-0.39, 0.29) is 11.8 Å². The molecule has 1 aromatic carbocycles. The largest absolute Gasteiger partial charge is 0.338 e. The lowest BCUT2D eigenvalue weighted by molar-refractivity contribution is 0.0675. The van der Waals surface area contributed by atoms with Crippen molar-refractivity contribution in [2.24, 2.45) is 5.92 Å². The number of likely N-dealkylation sites (tertiary alicyclic amines) is 1. The number of aryl methyl sites for hydroxylation is 1. The van der Waals surface area contributed by atoms with E-state index in [2.05, 4.69) is 20.7 Å². The number of benzene rings is 1. The first-order valence-electron chi connectivity index (χ1n) is 7.26. The van der Waals surface area contributed by atoms with E-state index < -0.39 is 10.0 Å². The molecular formula is C15H21BrN2O3S. The Morgan fingerprint density at radius 3 is 2.82 bits per heavy atom. The van der Waals surface area contributed by atoms with Crippen LogP contribution in [0, 0.1) is 12.8 Å². The normalized spacial score (nSPS) is 19.2. The fraction of sp³-hybridized carbons (Fsp3) is 0.533. The molecule has 22 heavy (non-hydrogen) atoms. The monoisotopic (exact) mass is 388 g/mol. The van der Waals surface area contributed by atoms with Crippen molar-refractivity contribution in [1.82, 2.24) is 9.62 Å². The summed E-state index contributed by atoms with van der Waals surface area (Å²) in [6, 6.07) is 5.63. The number of carbonyl (C=O) groups is 1. The zero-order chi connectivity index (χ0) is 16.3. The van der Waals surface area contributed by atoms with Crippen LogP contribution in [0.5, 0.6) is 0 Å². The lowest BCUT2D eigenvalue weighted by atomic mass is 9.97. The highest BCUT2D eigenvalue weighted by Crippen LogP contribution is 2.21. The molecule has 1 aliphatic rings. The molecule has 1 aliphatic heterocycles. The Morgan fingerprint density at radius 1 is 1.45 bits per heavy atom. The minimum absolute atomic E-state index is 0.0223. The standard InChI is InChI=1S/C15H21BrN2O3S/c1-11-8-13(16)5-6-14(11)15(19)18-7-3-4-12(10-18)9-17-22(2,20)21/h5-6,8,12,17H,3-4,7,9-10H2,1-2H3. The van der Waals surface area contributed by atoms with Gasteiger partial charge in [-0.15, -0.1) is 0 Å². The summed E-state index contributed by atoms with van der Waals surface area (Å²) in [7, 11) is -3.18. The molecule has 0 bridgehead atoms. The summed E-state index contributed by atoms with van der Waals surface area (Å²) in [4.78, 5) is 14.5. The molecule has 0 saturated carbocycles. The Balaban J connectivity index is 2.03. The highest BCUT2D eigenvalue weighted by atomic mass is 79.9. The topological polar surface area (TPSA) is 66.5 Å². The Hall–Kier alpha value is -0.920. The van der Waals surface area contributed by atoms with Gasteiger partial charge in [0, 0.05) is 29.7 Å². The maximum atomic E-state index is 12.7. The molecule has 1 saturated heterocycles. The second-order valence-corrected chi connectivity index (χ2v) is 8.59. The molecule has 0 aromatic heterocycles. The van der Waals surface area contributed by atoms with Gasteiger partial charge in [0.1, 0.15) is 0 Å². The minimum atomic E-state index is -3.18. The van der Waals surface area contributed by atoms with E-state index in [1.54, 1.807) is 0 Å². The predicted molar refractivity (Wildman–Crippen MR) is 90.4 cm³/mol. The van der Waals surface area contributed by atoms with Crippen LogP contribution in [0.25, 0.3) is 0 Å². The number of rotatable bonds is 4. The molecule has 7 heteroatoms. The molecule has 0 radical (unpaired) electrons. The summed E-state index contributed by atoms with van der Waals surface area (Å²) in [5.74, 6) is 0.192. The SMILES string of the molecule is Cc1cc(Br)ccc1C(=O)N1CCCC(CNS(C)(=O)=O)C1. The second-order valence-electron chi connectivity index (χ2n) is 5.84.